The van der Waals surface area contributed by atoms with E-state index >= 15 is 0 Å². The van der Waals surface area contributed by atoms with E-state index in [1.807, 2.05) is 31.2 Å². The van der Waals surface area contributed by atoms with Crippen LogP contribution in [-0.2, 0) is 0 Å². The van der Waals surface area contributed by atoms with Gasteiger partial charge in [-0.3, -0.25) is 4.79 Å². The number of aromatic nitrogens is 2. The third kappa shape index (κ3) is 3.92. The number of imidazole rings is 1. The van der Waals surface area contributed by atoms with Crippen LogP contribution in [0.4, 0.5) is 10.5 Å². The summed E-state index contributed by atoms with van der Waals surface area (Å²) in [5, 5.41) is 5.45. The average Bonchev–Trinajstić information content (AvgIpc) is 3.01. The van der Waals surface area contributed by atoms with Crippen LogP contribution in [0.25, 0.3) is 11.0 Å². The van der Waals surface area contributed by atoms with E-state index < -0.39 is 6.03 Å². The maximum absolute atomic E-state index is 12.7. The molecule has 3 rings (SSSR count). The molecule has 1 heterocycles. The molecule has 1 aromatic heterocycles. The molecule has 2 aromatic carbocycles. The summed E-state index contributed by atoms with van der Waals surface area (Å²) < 4.78 is 2.13. The van der Waals surface area contributed by atoms with Gasteiger partial charge in [0, 0.05) is 17.3 Å². The van der Waals surface area contributed by atoms with E-state index in [-0.39, 0.29) is 18.0 Å². The first-order valence-corrected chi connectivity index (χ1v) is 8.81. The van der Waals surface area contributed by atoms with Crippen LogP contribution >= 0.6 is 0 Å². The number of nitrogens with one attached hydrogen (secondary N) is 2. The van der Waals surface area contributed by atoms with Crippen molar-refractivity contribution < 1.29 is 9.59 Å². The molecule has 3 amide bonds. The summed E-state index contributed by atoms with van der Waals surface area (Å²) in [6.07, 6.45) is 0. The maximum Gasteiger partial charge on any atom is 0.316 e. The van der Waals surface area contributed by atoms with Crippen LogP contribution in [0.3, 0.4) is 0 Å². The third-order valence-electron chi connectivity index (χ3n) is 4.27. The Morgan fingerprint density at radius 1 is 1.07 bits per heavy atom. The van der Waals surface area contributed by atoms with Crippen LogP contribution in [0.1, 0.15) is 49.0 Å². The lowest BCUT2D eigenvalue weighted by molar-refractivity contribution is 0.0937. The number of primary amides is 1. The molecule has 0 radical (unpaired) electrons. The number of hydrogen-bond acceptors (Lipinski definition) is 3. The number of carbonyl (C=O) groups excluding carboxylic acids is 2. The highest BCUT2D eigenvalue weighted by Gasteiger charge is 2.20. The highest BCUT2D eigenvalue weighted by atomic mass is 16.2. The zero-order valence-electron chi connectivity index (χ0n) is 15.6. The van der Waals surface area contributed by atoms with E-state index in [0.29, 0.717) is 11.3 Å². The highest BCUT2D eigenvalue weighted by Crippen LogP contribution is 2.25. The minimum Gasteiger partial charge on any atom is -0.351 e. The van der Waals surface area contributed by atoms with E-state index in [9.17, 15) is 9.59 Å². The molecule has 3 aromatic rings. The fourth-order valence-electron chi connectivity index (χ4n) is 3.14. The Bertz CT molecular complexity index is 993. The van der Waals surface area contributed by atoms with Crippen LogP contribution in [0.2, 0.25) is 0 Å². The number of fused-ring (bicyclic) bond motifs is 1. The van der Waals surface area contributed by atoms with Crippen LogP contribution in [0.5, 0.6) is 0 Å². The monoisotopic (exact) mass is 365 g/mol. The lowest BCUT2D eigenvalue weighted by Crippen LogP contribution is -2.29. The molecular weight excluding hydrogens is 342 g/mol. The van der Waals surface area contributed by atoms with Gasteiger partial charge in [-0.2, -0.15) is 0 Å². The summed E-state index contributed by atoms with van der Waals surface area (Å²) in [6.45, 7) is 6.08. The molecule has 1 atom stereocenters. The van der Waals surface area contributed by atoms with Crippen molar-refractivity contribution in [3.63, 3.8) is 0 Å². The first kappa shape index (κ1) is 18.4. The molecule has 0 bridgehead atoms. The van der Waals surface area contributed by atoms with E-state index in [1.165, 1.54) is 0 Å². The molecule has 0 saturated carbocycles. The Hall–Kier alpha value is -3.35. The largest absolute Gasteiger partial charge is 0.351 e. The lowest BCUT2D eigenvalue weighted by Gasteiger charge is -2.19. The van der Waals surface area contributed by atoms with E-state index in [0.717, 1.165) is 16.9 Å². The van der Waals surface area contributed by atoms with Gasteiger partial charge in [0.2, 0.25) is 0 Å². The molecule has 140 valence electrons. The first-order chi connectivity index (χ1) is 12.9. The second kappa shape index (κ2) is 7.49. The Morgan fingerprint density at radius 3 is 2.52 bits per heavy atom. The number of rotatable bonds is 5. The minimum absolute atomic E-state index is 0.204. The number of nitrogens with zero attached hydrogens (tertiary/aromatic N) is 2. The van der Waals surface area contributed by atoms with Crippen molar-refractivity contribution in [1.29, 1.82) is 0 Å². The predicted octanol–water partition coefficient (Wildman–Crippen LogP) is 3.60. The molecule has 0 saturated heterocycles. The SMILES string of the molecule is CC(NC(=O)c1cccc(NC(N)=O)c1)c1nc2ccccc2n1C(C)C. The van der Waals surface area contributed by atoms with E-state index in [2.05, 4.69) is 29.0 Å². The molecule has 0 aliphatic carbocycles. The fraction of sp³-hybridized carbons (Fsp3) is 0.250. The number of hydrogen-bond donors (Lipinski definition) is 3. The van der Waals surface area contributed by atoms with Gasteiger partial charge in [-0.1, -0.05) is 18.2 Å². The number of nitrogens with two attached hydrogens (primary N) is 1. The third-order valence-corrected chi connectivity index (χ3v) is 4.27. The van der Waals surface area contributed by atoms with Gasteiger partial charge in [0.15, 0.2) is 0 Å². The quantitative estimate of drug-likeness (QED) is 0.644. The summed E-state index contributed by atoms with van der Waals surface area (Å²) in [4.78, 5) is 28.4. The zero-order chi connectivity index (χ0) is 19.6. The number of para-hydroxylation sites is 2. The standard InChI is InChI=1S/C20H23N5O2/c1-12(2)25-17-10-5-4-9-16(17)24-18(25)13(3)22-19(26)14-7-6-8-15(11-14)23-20(21)27/h4-13H,1-3H3,(H,22,26)(H3,21,23,27). The highest BCUT2D eigenvalue weighted by molar-refractivity contribution is 5.96. The molecule has 0 aliphatic heterocycles. The normalized spacial score (nSPS) is 12.1. The van der Waals surface area contributed by atoms with Crippen molar-refractivity contribution in [2.45, 2.75) is 32.9 Å². The van der Waals surface area contributed by atoms with Gasteiger partial charge in [-0.05, 0) is 51.1 Å². The number of amides is 3. The van der Waals surface area contributed by atoms with Crippen LogP contribution in [0, 0.1) is 0 Å². The molecule has 0 fully saturated rings. The van der Waals surface area contributed by atoms with Gasteiger partial charge in [0.1, 0.15) is 5.82 Å². The average molecular weight is 365 g/mol. The second-order valence-corrected chi connectivity index (χ2v) is 6.69. The number of benzene rings is 2. The second-order valence-electron chi connectivity index (χ2n) is 6.69. The molecule has 0 aliphatic rings. The molecular formula is C20H23N5O2. The topological polar surface area (TPSA) is 102 Å². The Labute approximate surface area is 157 Å². The van der Waals surface area contributed by atoms with Crippen molar-refractivity contribution in [2.24, 2.45) is 5.73 Å². The Kier molecular flexibility index (Phi) is 5.12. The summed E-state index contributed by atoms with van der Waals surface area (Å²) in [5.41, 5.74) is 7.96. The van der Waals surface area contributed by atoms with Crippen molar-refractivity contribution in [1.82, 2.24) is 14.9 Å². The molecule has 7 heteroatoms. The van der Waals surface area contributed by atoms with Crippen molar-refractivity contribution in [3.05, 3.63) is 59.9 Å². The van der Waals surface area contributed by atoms with E-state index in [4.69, 9.17) is 10.7 Å². The minimum atomic E-state index is -0.674. The fourth-order valence-corrected chi connectivity index (χ4v) is 3.14. The lowest BCUT2D eigenvalue weighted by atomic mass is 10.1. The van der Waals surface area contributed by atoms with Gasteiger partial charge < -0.3 is 20.9 Å². The number of carbonyl (C=O) groups is 2. The summed E-state index contributed by atoms with van der Waals surface area (Å²) in [5.74, 6) is 0.545. The van der Waals surface area contributed by atoms with Gasteiger partial charge in [0.05, 0.1) is 17.1 Å². The molecule has 0 spiro atoms. The van der Waals surface area contributed by atoms with Crippen LogP contribution < -0.4 is 16.4 Å². The van der Waals surface area contributed by atoms with Gasteiger partial charge >= 0.3 is 6.03 Å². The smallest absolute Gasteiger partial charge is 0.316 e. The van der Waals surface area contributed by atoms with Crippen molar-refractivity contribution in [2.75, 3.05) is 5.32 Å². The number of urea groups is 1. The van der Waals surface area contributed by atoms with Crippen LogP contribution in [0.15, 0.2) is 48.5 Å². The van der Waals surface area contributed by atoms with Crippen molar-refractivity contribution in [3.8, 4) is 0 Å². The maximum atomic E-state index is 12.7. The van der Waals surface area contributed by atoms with Gasteiger partial charge in [-0.15, -0.1) is 0 Å². The van der Waals surface area contributed by atoms with E-state index in [1.54, 1.807) is 24.3 Å². The van der Waals surface area contributed by atoms with Crippen molar-refractivity contribution >= 4 is 28.7 Å². The number of anilines is 1. The summed E-state index contributed by atoms with van der Waals surface area (Å²) >= 11 is 0. The predicted molar refractivity (Wildman–Crippen MR) is 106 cm³/mol. The Morgan fingerprint density at radius 2 is 1.81 bits per heavy atom. The molecule has 7 nitrogen and oxygen atoms in total. The summed E-state index contributed by atoms with van der Waals surface area (Å²) in [7, 11) is 0. The Balaban J connectivity index is 1.86. The van der Waals surface area contributed by atoms with Crippen LogP contribution in [-0.4, -0.2) is 21.5 Å². The molecule has 4 N–H and O–H groups in total. The summed E-state index contributed by atoms with van der Waals surface area (Å²) in [6, 6.07) is 13.8. The first-order valence-electron chi connectivity index (χ1n) is 8.81. The van der Waals surface area contributed by atoms with Gasteiger partial charge in [0.25, 0.3) is 5.91 Å². The molecule has 1 unspecified atom stereocenters. The zero-order valence-corrected chi connectivity index (χ0v) is 15.6. The molecule has 27 heavy (non-hydrogen) atoms. The van der Waals surface area contributed by atoms with Gasteiger partial charge in [-0.25, -0.2) is 9.78 Å².